The van der Waals surface area contributed by atoms with Gasteiger partial charge in [-0.1, -0.05) is 23.7 Å². The molecule has 0 bridgehead atoms. The zero-order valence-corrected chi connectivity index (χ0v) is 13.1. The fourth-order valence-corrected chi connectivity index (χ4v) is 2.52. The lowest BCUT2D eigenvalue weighted by Gasteiger charge is -2.19. The van der Waals surface area contributed by atoms with Crippen molar-refractivity contribution in [3.8, 4) is 6.07 Å². The average molecular weight is 300 g/mol. The lowest BCUT2D eigenvalue weighted by molar-refractivity contribution is 0.884. The maximum Gasteiger partial charge on any atom is 0.0991 e. The van der Waals surface area contributed by atoms with Gasteiger partial charge in [0.1, 0.15) is 0 Å². The summed E-state index contributed by atoms with van der Waals surface area (Å²) in [5.74, 6) is 0. The van der Waals surface area contributed by atoms with Gasteiger partial charge in [0.25, 0.3) is 0 Å². The van der Waals surface area contributed by atoms with Gasteiger partial charge in [0.2, 0.25) is 0 Å². The van der Waals surface area contributed by atoms with E-state index in [4.69, 9.17) is 16.9 Å². The van der Waals surface area contributed by atoms with E-state index < -0.39 is 0 Å². The molecule has 0 aliphatic rings. The molecule has 2 aromatic carbocycles. The van der Waals surface area contributed by atoms with Crippen LogP contribution in [0.2, 0.25) is 5.02 Å². The van der Waals surface area contributed by atoms with Gasteiger partial charge in [-0.25, -0.2) is 0 Å². The van der Waals surface area contributed by atoms with Crippen LogP contribution < -0.4 is 10.2 Å². The zero-order valence-electron chi connectivity index (χ0n) is 12.4. The van der Waals surface area contributed by atoms with Crippen LogP contribution in [0, 0.1) is 11.3 Å². The molecule has 1 atom stereocenters. The molecule has 21 heavy (non-hydrogen) atoms. The van der Waals surface area contributed by atoms with Gasteiger partial charge >= 0.3 is 0 Å². The van der Waals surface area contributed by atoms with Crippen LogP contribution in [0.15, 0.2) is 42.5 Å². The van der Waals surface area contributed by atoms with Crippen LogP contribution in [0.5, 0.6) is 0 Å². The van der Waals surface area contributed by atoms with Crippen molar-refractivity contribution in [2.45, 2.75) is 13.0 Å². The summed E-state index contributed by atoms with van der Waals surface area (Å²) < 4.78 is 0. The third kappa shape index (κ3) is 3.68. The van der Waals surface area contributed by atoms with Crippen molar-refractivity contribution in [3.63, 3.8) is 0 Å². The molecular formula is C17H18ClN3. The summed E-state index contributed by atoms with van der Waals surface area (Å²) in [7, 11) is 3.93. The first-order valence-corrected chi connectivity index (χ1v) is 7.12. The SMILES string of the molecule is CC(Nc1ccc(N(C)C)c(Cl)c1)c1cccc(C#N)c1. The molecule has 0 heterocycles. The molecule has 0 amide bonds. The van der Waals surface area contributed by atoms with Gasteiger partial charge in [-0.15, -0.1) is 0 Å². The van der Waals surface area contributed by atoms with E-state index >= 15 is 0 Å². The second-order valence-corrected chi connectivity index (χ2v) is 5.57. The van der Waals surface area contributed by atoms with Gasteiger partial charge in [-0.2, -0.15) is 5.26 Å². The first-order chi connectivity index (χ1) is 10.0. The van der Waals surface area contributed by atoms with Crippen LogP contribution in [0.3, 0.4) is 0 Å². The molecule has 2 rings (SSSR count). The Labute approximate surface area is 130 Å². The molecule has 0 saturated carbocycles. The summed E-state index contributed by atoms with van der Waals surface area (Å²) in [4.78, 5) is 1.98. The minimum Gasteiger partial charge on any atom is -0.378 e. The van der Waals surface area contributed by atoms with Crippen molar-refractivity contribution in [3.05, 3.63) is 58.6 Å². The lowest BCUT2D eigenvalue weighted by Crippen LogP contribution is -2.10. The van der Waals surface area contributed by atoms with E-state index in [0.29, 0.717) is 10.6 Å². The molecule has 1 unspecified atom stereocenters. The van der Waals surface area contributed by atoms with Crippen LogP contribution in [0.4, 0.5) is 11.4 Å². The van der Waals surface area contributed by atoms with E-state index in [-0.39, 0.29) is 6.04 Å². The van der Waals surface area contributed by atoms with Crippen molar-refractivity contribution < 1.29 is 0 Å². The summed E-state index contributed by atoms with van der Waals surface area (Å²) in [6.45, 7) is 2.06. The summed E-state index contributed by atoms with van der Waals surface area (Å²) >= 11 is 6.28. The van der Waals surface area contributed by atoms with E-state index in [0.717, 1.165) is 16.9 Å². The van der Waals surface area contributed by atoms with Crippen LogP contribution in [0.25, 0.3) is 0 Å². The van der Waals surface area contributed by atoms with E-state index in [9.17, 15) is 0 Å². The number of halogens is 1. The normalized spacial score (nSPS) is 11.6. The molecule has 0 radical (unpaired) electrons. The average Bonchev–Trinajstić information content (AvgIpc) is 2.47. The molecule has 0 fully saturated rings. The molecule has 0 saturated heterocycles. The first-order valence-electron chi connectivity index (χ1n) is 6.74. The number of nitrogens with one attached hydrogen (secondary N) is 1. The van der Waals surface area contributed by atoms with Crippen molar-refractivity contribution in [1.29, 1.82) is 5.26 Å². The van der Waals surface area contributed by atoms with Crippen LogP contribution in [-0.2, 0) is 0 Å². The Kier molecular flexibility index (Phi) is 4.72. The van der Waals surface area contributed by atoms with Crippen LogP contribution in [-0.4, -0.2) is 14.1 Å². The van der Waals surface area contributed by atoms with E-state index in [2.05, 4.69) is 18.3 Å². The minimum atomic E-state index is 0.0968. The Balaban J connectivity index is 2.17. The monoisotopic (exact) mass is 299 g/mol. The van der Waals surface area contributed by atoms with E-state index in [1.807, 2.05) is 55.4 Å². The number of nitrogens with zero attached hydrogens (tertiary/aromatic N) is 2. The molecule has 1 N–H and O–H groups in total. The van der Waals surface area contributed by atoms with E-state index in [1.54, 1.807) is 6.07 Å². The quantitative estimate of drug-likeness (QED) is 0.906. The molecule has 2 aromatic rings. The molecule has 0 aliphatic heterocycles. The number of rotatable bonds is 4. The van der Waals surface area contributed by atoms with Crippen molar-refractivity contribution in [1.82, 2.24) is 0 Å². The van der Waals surface area contributed by atoms with Gasteiger partial charge in [-0.05, 0) is 42.8 Å². The van der Waals surface area contributed by atoms with Crippen molar-refractivity contribution in [2.75, 3.05) is 24.3 Å². The predicted molar refractivity (Wildman–Crippen MR) is 89.0 cm³/mol. The predicted octanol–water partition coefficient (Wildman–Crippen LogP) is 4.45. The Hall–Kier alpha value is -2.18. The standard InChI is InChI=1S/C17H18ClN3/c1-12(14-6-4-5-13(9-14)11-19)20-15-7-8-17(21(2)3)16(18)10-15/h4-10,12,20H,1-3H3. The summed E-state index contributed by atoms with van der Waals surface area (Å²) in [5.41, 5.74) is 3.69. The highest BCUT2D eigenvalue weighted by Gasteiger charge is 2.08. The Morgan fingerprint density at radius 2 is 1.95 bits per heavy atom. The number of nitriles is 1. The summed E-state index contributed by atoms with van der Waals surface area (Å²) in [5, 5.41) is 13.1. The highest BCUT2D eigenvalue weighted by molar-refractivity contribution is 6.33. The maximum absolute atomic E-state index is 8.96. The fourth-order valence-electron chi connectivity index (χ4n) is 2.17. The molecule has 0 aromatic heterocycles. The highest BCUT2D eigenvalue weighted by atomic mass is 35.5. The molecule has 0 aliphatic carbocycles. The smallest absolute Gasteiger partial charge is 0.0991 e. The second-order valence-electron chi connectivity index (χ2n) is 5.16. The van der Waals surface area contributed by atoms with E-state index in [1.165, 1.54) is 0 Å². The Bertz CT molecular complexity index is 674. The van der Waals surface area contributed by atoms with Gasteiger partial charge < -0.3 is 10.2 Å². The summed E-state index contributed by atoms with van der Waals surface area (Å²) in [6, 6.07) is 15.8. The highest BCUT2D eigenvalue weighted by Crippen LogP contribution is 2.29. The minimum absolute atomic E-state index is 0.0968. The van der Waals surface area contributed by atoms with Gasteiger partial charge in [-0.3, -0.25) is 0 Å². The fraction of sp³-hybridized carbons (Fsp3) is 0.235. The molecule has 108 valence electrons. The number of hydrogen-bond acceptors (Lipinski definition) is 3. The topological polar surface area (TPSA) is 39.1 Å². The van der Waals surface area contributed by atoms with Crippen molar-refractivity contribution >= 4 is 23.0 Å². The summed E-state index contributed by atoms with van der Waals surface area (Å²) in [6.07, 6.45) is 0. The largest absolute Gasteiger partial charge is 0.378 e. The van der Waals surface area contributed by atoms with Crippen LogP contribution >= 0.6 is 11.6 Å². The maximum atomic E-state index is 8.96. The lowest BCUT2D eigenvalue weighted by atomic mass is 10.1. The molecule has 3 nitrogen and oxygen atoms in total. The number of benzene rings is 2. The number of anilines is 2. The van der Waals surface area contributed by atoms with Gasteiger partial charge in [0.15, 0.2) is 0 Å². The van der Waals surface area contributed by atoms with Gasteiger partial charge in [0.05, 0.1) is 22.3 Å². The molecule has 4 heteroatoms. The Morgan fingerprint density at radius 3 is 2.57 bits per heavy atom. The number of hydrogen-bond donors (Lipinski definition) is 1. The van der Waals surface area contributed by atoms with Crippen molar-refractivity contribution in [2.24, 2.45) is 0 Å². The first kappa shape index (κ1) is 15.2. The third-order valence-corrected chi connectivity index (χ3v) is 3.63. The molecular weight excluding hydrogens is 282 g/mol. The Morgan fingerprint density at radius 1 is 1.19 bits per heavy atom. The zero-order chi connectivity index (χ0) is 15.4. The van der Waals surface area contributed by atoms with Crippen LogP contribution in [0.1, 0.15) is 24.1 Å². The van der Waals surface area contributed by atoms with Gasteiger partial charge in [0, 0.05) is 25.8 Å². The third-order valence-electron chi connectivity index (χ3n) is 3.33. The second kappa shape index (κ2) is 6.51. The molecule has 0 spiro atoms.